The van der Waals surface area contributed by atoms with Gasteiger partial charge < -0.3 is 10.4 Å². The number of nitrogens with one attached hydrogen (secondary N) is 1. The van der Waals surface area contributed by atoms with E-state index in [0.717, 1.165) is 11.1 Å². The van der Waals surface area contributed by atoms with Gasteiger partial charge in [-0.25, -0.2) is 0 Å². The molecule has 0 radical (unpaired) electrons. The Hall–Kier alpha value is -2.88. The molecular formula is C17H14N2O2. The maximum atomic E-state index is 12.2. The summed E-state index contributed by atoms with van der Waals surface area (Å²) in [7, 11) is 0. The predicted octanol–water partition coefficient (Wildman–Crippen LogP) is 2.87. The molecule has 0 aliphatic carbocycles. The first-order valence-electron chi connectivity index (χ1n) is 6.64. The summed E-state index contributed by atoms with van der Waals surface area (Å²) in [5.74, 6) is -0.310. The quantitative estimate of drug-likeness (QED) is 0.774. The van der Waals surface area contributed by atoms with E-state index in [1.165, 1.54) is 0 Å². The van der Waals surface area contributed by atoms with Crippen molar-refractivity contribution in [2.45, 2.75) is 6.54 Å². The van der Waals surface area contributed by atoms with Crippen molar-refractivity contribution in [2.75, 3.05) is 0 Å². The molecule has 2 aromatic carbocycles. The van der Waals surface area contributed by atoms with Gasteiger partial charge in [0.15, 0.2) is 0 Å². The Kier molecular flexibility index (Phi) is 3.51. The number of benzene rings is 2. The Labute approximate surface area is 122 Å². The van der Waals surface area contributed by atoms with E-state index in [0.29, 0.717) is 11.9 Å². The topological polar surface area (TPSA) is 62.2 Å². The number of nitrogens with zero attached hydrogens (tertiary/aromatic N) is 1. The maximum absolute atomic E-state index is 12.2. The standard InChI is InChI=1S/C17H14N2O2/c20-16-14-7-2-1-5-12(14)8-9-15(16)17(21)19-11-13-6-3-4-10-18-13/h1-10,20H,11H2,(H,19,21). The van der Waals surface area contributed by atoms with E-state index in [1.54, 1.807) is 18.3 Å². The summed E-state index contributed by atoms with van der Waals surface area (Å²) >= 11 is 0. The van der Waals surface area contributed by atoms with Crippen LogP contribution in [0.4, 0.5) is 0 Å². The van der Waals surface area contributed by atoms with Crippen LogP contribution in [0.15, 0.2) is 60.8 Å². The van der Waals surface area contributed by atoms with E-state index in [9.17, 15) is 9.90 Å². The second-order valence-electron chi connectivity index (χ2n) is 4.69. The van der Waals surface area contributed by atoms with E-state index >= 15 is 0 Å². The first-order chi connectivity index (χ1) is 10.3. The molecule has 0 bridgehead atoms. The molecule has 0 unspecified atom stereocenters. The molecule has 0 saturated carbocycles. The fourth-order valence-electron chi connectivity index (χ4n) is 2.21. The third kappa shape index (κ3) is 2.69. The summed E-state index contributed by atoms with van der Waals surface area (Å²) in [5.41, 5.74) is 1.04. The van der Waals surface area contributed by atoms with Gasteiger partial charge in [0, 0.05) is 11.6 Å². The van der Waals surface area contributed by atoms with Gasteiger partial charge in [0.25, 0.3) is 5.91 Å². The van der Waals surface area contributed by atoms with Gasteiger partial charge in [0.1, 0.15) is 5.75 Å². The van der Waals surface area contributed by atoms with E-state index in [-0.39, 0.29) is 17.2 Å². The summed E-state index contributed by atoms with van der Waals surface area (Å²) in [6.45, 7) is 0.325. The van der Waals surface area contributed by atoms with Crippen LogP contribution < -0.4 is 5.32 Å². The molecule has 0 aliphatic rings. The van der Waals surface area contributed by atoms with Gasteiger partial charge >= 0.3 is 0 Å². The molecule has 2 N–H and O–H groups in total. The van der Waals surface area contributed by atoms with Gasteiger partial charge in [-0.1, -0.05) is 36.4 Å². The molecule has 0 aliphatic heterocycles. The van der Waals surface area contributed by atoms with E-state index in [4.69, 9.17) is 0 Å². The van der Waals surface area contributed by atoms with Crippen molar-refractivity contribution in [3.63, 3.8) is 0 Å². The SMILES string of the molecule is O=C(NCc1ccccn1)c1ccc2ccccc2c1O. The summed E-state index contributed by atoms with van der Waals surface area (Å²) in [6.07, 6.45) is 1.68. The number of pyridine rings is 1. The predicted molar refractivity (Wildman–Crippen MR) is 81.0 cm³/mol. The van der Waals surface area contributed by atoms with Crippen molar-refractivity contribution in [1.29, 1.82) is 0 Å². The van der Waals surface area contributed by atoms with Crippen molar-refractivity contribution >= 4 is 16.7 Å². The number of amides is 1. The number of phenols is 1. The minimum Gasteiger partial charge on any atom is -0.506 e. The Bertz CT molecular complexity index is 785. The fraction of sp³-hybridized carbons (Fsp3) is 0.0588. The molecule has 0 spiro atoms. The zero-order valence-corrected chi connectivity index (χ0v) is 11.3. The van der Waals surface area contributed by atoms with Gasteiger partial charge in [-0.15, -0.1) is 0 Å². The lowest BCUT2D eigenvalue weighted by Crippen LogP contribution is -2.23. The molecule has 1 heterocycles. The van der Waals surface area contributed by atoms with Crippen LogP contribution >= 0.6 is 0 Å². The number of rotatable bonds is 3. The monoisotopic (exact) mass is 278 g/mol. The Balaban J connectivity index is 1.83. The highest BCUT2D eigenvalue weighted by molar-refractivity contribution is 6.03. The molecule has 104 valence electrons. The molecule has 0 saturated heterocycles. The Morgan fingerprint density at radius 3 is 2.67 bits per heavy atom. The number of carbonyl (C=O) groups excluding carboxylic acids is 1. The molecule has 0 atom stereocenters. The lowest BCUT2D eigenvalue weighted by molar-refractivity contribution is 0.0948. The highest BCUT2D eigenvalue weighted by Crippen LogP contribution is 2.28. The third-order valence-electron chi connectivity index (χ3n) is 3.30. The van der Waals surface area contributed by atoms with Gasteiger partial charge in [0.2, 0.25) is 0 Å². The van der Waals surface area contributed by atoms with E-state index in [2.05, 4.69) is 10.3 Å². The summed E-state index contributed by atoms with van der Waals surface area (Å²) < 4.78 is 0. The average molecular weight is 278 g/mol. The smallest absolute Gasteiger partial charge is 0.255 e. The third-order valence-corrected chi connectivity index (χ3v) is 3.30. The minimum absolute atomic E-state index is 0.00613. The second-order valence-corrected chi connectivity index (χ2v) is 4.69. The zero-order valence-electron chi connectivity index (χ0n) is 11.3. The fourth-order valence-corrected chi connectivity index (χ4v) is 2.21. The lowest BCUT2D eigenvalue weighted by Gasteiger charge is -2.08. The van der Waals surface area contributed by atoms with Crippen molar-refractivity contribution in [2.24, 2.45) is 0 Å². The molecular weight excluding hydrogens is 264 g/mol. The Morgan fingerprint density at radius 1 is 1.05 bits per heavy atom. The van der Waals surface area contributed by atoms with Crippen LogP contribution in [0.3, 0.4) is 0 Å². The molecule has 1 amide bonds. The van der Waals surface area contributed by atoms with Crippen LogP contribution in [-0.2, 0) is 6.54 Å². The van der Waals surface area contributed by atoms with Crippen LogP contribution in [0, 0.1) is 0 Å². The first kappa shape index (κ1) is 13.1. The average Bonchev–Trinajstić information content (AvgIpc) is 2.54. The molecule has 4 nitrogen and oxygen atoms in total. The van der Waals surface area contributed by atoms with Crippen LogP contribution in [0.25, 0.3) is 10.8 Å². The van der Waals surface area contributed by atoms with Crippen molar-refractivity contribution in [3.05, 3.63) is 72.1 Å². The number of phenolic OH excluding ortho intramolecular Hbond substituents is 1. The highest BCUT2D eigenvalue weighted by Gasteiger charge is 2.13. The number of hydrogen-bond donors (Lipinski definition) is 2. The number of fused-ring (bicyclic) bond motifs is 1. The lowest BCUT2D eigenvalue weighted by atomic mass is 10.0. The van der Waals surface area contributed by atoms with Crippen molar-refractivity contribution in [3.8, 4) is 5.75 Å². The van der Waals surface area contributed by atoms with Crippen LogP contribution in [0.5, 0.6) is 5.75 Å². The molecule has 3 rings (SSSR count). The van der Waals surface area contributed by atoms with Crippen molar-refractivity contribution < 1.29 is 9.90 Å². The highest BCUT2D eigenvalue weighted by atomic mass is 16.3. The maximum Gasteiger partial charge on any atom is 0.255 e. The largest absolute Gasteiger partial charge is 0.506 e. The molecule has 1 aromatic heterocycles. The summed E-state index contributed by atoms with van der Waals surface area (Å²) in [4.78, 5) is 16.3. The van der Waals surface area contributed by atoms with E-state index in [1.807, 2.05) is 42.5 Å². The molecule has 4 heteroatoms. The van der Waals surface area contributed by atoms with E-state index < -0.39 is 0 Å². The van der Waals surface area contributed by atoms with Crippen molar-refractivity contribution in [1.82, 2.24) is 10.3 Å². The number of carbonyl (C=O) groups is 1. The summed E-state index contributed by atoms with van der Waals surface area (Å²) in [6, 6.07) is 16.4. The van der Waals surface area contributed by atoms with Crippen LogP contribution in [0.2, 0.25) is 0 Å². The number of aromatic hydroxyl groups is 1. The molecule has 21 heavy (non-hydrogen) atoms. The van der Waals surface area contributed by atoms with Gasteiger partial charge in [-0.2, -0.15) is 0 Å². The second kappa shape index (κ2) is 5.63. The van der Waals surface area contributed by atoms with Crippen LogP contribution in [0.1, 0.15) is 16.1 Å². The zero-order chi connectivity index (χ0) is 14.7. The number of aromatic nitrogens is 1. The van der Waals surface area contributed by atoms with Crippen LogP contribution in [-0.4, -0.2) is 16.0 Å². The molecule has 0 fully saturated rings. The molecule has 3 aromatic rings. The normalized spacial score (nSPS) is 10.5. The Morgan fingerprint density at radius 2 is 1.86 bits per heavy atom. The summed E-state index contributed by atoms with van der Waals surface area (Å²) in [5, 5.41) is 14.6. The van der Waals surface area contributed by atoms with Gasteiger partial charge in [-0.3, -0.25) is 9.78 Å². The van der Waals surface area contributed by atoms with Gasteiger partial charge in [0.05, 0.1) is 17.8 Å². The first-order valence-corrected chi connectivity index (χ1v) is 6.64. The minimum atomic E-state index is -0.316. The van der Waals surface area contributed by atoms with Gasteiger partial charge in [-0.05, 0) is 23.6 Å². The number of hydrogen-bond acceptors (Lipinski definition) is 3.